The van der Waals surface area contributed by atoms with Gasteiger partial charge in [0.2, 0.25) is 0 Å². The fraction of sp³-hybridized carbons (Fsp3) is 0.167. The fourth-order valence-electron chi connectivity index (χ4n) is 4.20. The van der Waals surface area contributed by atoms with E-state index in [0.717, 1.165) is 27.2 Å². The summed E-state index contributed by atoms with van der Waals surface area (Å²) in [5.74, 6) is -0.759. The third kappa shape index (κ3) is 5.89. The van der Waals surface area contributed by atoms with Crippen molar-refractivity contribution in [3.05, 3.63) is 111 Å². The Morgan fingerprint density at radius 3 is 2.27 bits per heavy atom. The molecular formula is C30H27BrN2O4. The van der Waals surface area contributed by atoms with Crippen LogP contribution in [0.1, 0.15) is 33.4 Å². The molecule has 4 rings (SSSR count). The van der Waals surface area contributed by atoms with Crippen LogP contribution in [0.25, 0.3) is 6.08 Å². The lowest BCUT2D eigenvalue weighted by atomic mass is 10.0. The smallest absolute Gasteiger partial charge is 0.335 e. The number of barbiturate groups is 1. The average Bonchev–Trinajstić information content (AvgIpc) is 2.82. The highest BCUT2D eigenvalue weighted by Crippen LogP contribution is 2.34. The first-order valence-corrected chi connectivity index (χ1v) is 12.6. The van der Waals surface area contributed by atoms with E-state index in [1.165, 1.54) is 11.6 Å². The van der Waals surface area contributed by atoms with Crippen molar-refractivity contribution >= 4 is 45.5 Å². The summed E-state index contributed by atoms with van der Waals surface area (Å²) < 4.78 is 6.81. The normalized spacial score (nSPS) is 14.6. The summed E-state index contributed by atoms with van der Waals surface area (Å²) in [6, 6.07) is 16.4. The number of hydrogen-bond acceptors (Lipinski definition) is 4. The monoisotopic (exact) mass is 558 g/mol. The number of carbonyl (C=O) groups is 3. The maximum atomic E-state index is 13.3. The number of nitrogens with zero attached hydrogens (tertiary/aromatic N) is 1. The molecule has 4 amide bonds. The fourth-order valence-corrected chi connectivity index (χ4v) is 4.84. The van der Waals surface area contributed by atoms with E-state index in [1.807, 2.05) is 57.2 Å². The molecule has 37 heavy (non-hydrogen) atoms. The van der Waals surface area contributed by atoms with Gasteiger partial charge in [0.15, 0.2) is 0 Å². The minimum Gasteiger partial charge on any atom is -0.487 e. The Balaban J connectivity index is 1.67. The molecule has 188 valence electrons. The molecule has 0 aromatic heterocycles. The van der Waals surface area contributed by atoms with Crippen molar-refractivity contribution in [2.75, 3.05) is 4.90 Å². The summed E-state index contributed by atoms with van der Waals surface area (Å²) in [5.41, 5.74) is 5.74. The second kappa shape index (κ2) is 11.0. The number of urea groups is 1. The van der Waals surface area contributed by atoms with Crippen molar-refractivity contribution in [2.24, 2.45) is 0 Å². The third-order valence-corrected chi connectivity index (χ3v) is 6.48. The maximum absolute atomic E-state index is 13.3. The molecule has 0 atom stereocenters. The zero-order valence-corrected chi connectivity index (χ0v) is 22.5. The highest BCUT2D eigenvalue weighted by molar-refractivity contribution is 9.10. The molecule has 3 aromatic rings. The number of halogens is 1. The van der Waals surface area contributed by atoms with E-state index in [4.69, 9.17) is 4.74 Å². The minimum absolute atomic E-state index is 0.136. The van der Waals surface area contributed by atoms with Gasteiger partial charge < -0.3 is 4.74 Å². The van der Waals surface area contributed by atoms with Crippen LogP contribution in [0.4, 0.5) is 10.5 Å². The number of carbonyl (C=O) groups excluding carboxylic acids is 3. The van der Waals surface area contributed by atoms with Gasteiger partial charge in [-0.05, 0) is 101 Å². The van der Waals surface area contributed by atoms with E-state index >= 15 is 0 Å². The molecule has 7 heteroatoms. The van der Waals surface area contributed by atoms with Crippen molar-refractivity contribution in [3.63, 3.8) is 0 Å². The number of amides is 4. The molecule has 0 saturated carbocycles. The highest BCUT2D eigenvalue weighted by atomic mass is 79.9. The molecule has 1 N–H and O–H groups in total. The Morgan fingerprint density at radius 1 is 0.946 bits per heavy atom. The molecule has 0 unspecified atom stereocenters. The van der Waals surface area contributed by atoms with Gasteiger partial charge in [-0.15, -0.1) is 6.58 Å². The third-order valence-electron chi connectivity index (χ3n) is 5.89. The first-order valence-electron chi connectivity index (χ1n) is 11.8. The summed E-state index contributed by atoms with van der Waals surface area (Å²) >= 11 is 3.58. The molecular weight excluding hydrogens is 532 g/mol. The van der Waals surface area contributed by atoms with Crippen LogP contribution in [-0.4, -0.2) is 17.8 Å². The van der Waals surface area contributed by atoms with Gasteiger partial charge in [-0.25, -0.2) is 9.69 Å². The molecule has 0 radical (unpaired) electrons. The zero-order valence-electron chi connectivity index (χ0n) is 20.9. The van der Waals surface area contributed by atoms with Gasteiger partial charge in [0.05, 0.1) is 10.2 Å². The summed E-state index contributed by atoms with van der Waals surface area (Å²) in [7, 11) is 0. The quantitative estimate of drug-likeness (QED) is 0.208. The number of aryl methyl sites for hydroxylation is 3. The molecule has 3 aromatic carbocycles. The van der Waals surface area contributed by atoms with Gasteiger partial charge in [0, 0.05) is 0 Å². The van der Waals surface area contributed by atoms with Gasteiger partial charge in [0.1, 0.15) is 17.9 Å². The Morgan fingerprint density at radius 2 is 1.62 bits per heavy atom. The Labute approximate surface area is 224 Å². The average molecular weight is 559 g/mol. The van der Waals surface area contributed by atoms with Gasteiger partial charge in [-0.1, -0.05) is 42.0 Å². The van der Waals surface area contributed by atoms with Crippen LogP contribution in [0, 0.1) is 20.8 Å². The minimum atomic E-state index is -0.773. The van der Waals surface area contributed by atoms with E-state index in [0.29, 0.717) is 34.5 Å². The number of nitrogens with one attached hydrogen (secondary N) is 1. The van der Waals surface area contributed by atoms with Crippen LogP contribution >= 0.6 is 15.9 Å². The SMILES string of the molecule is C=CCc1cc(/C=C2\C(=O)NC(=O)N(c3cc(C)cc(C)c3)C2=O)cc(Br)c1OCc1ccc(C)cc1. The second-order valence-electron chi connectivity index (χ2n) is 9.06. The zero-order chi connectivity index (χ0) is 26.7. The van der Waals surface area contributed by atoms with E-state index in [-0.39, 0.29) is 5.57 Å². The molecule has 1 saturated heterocycles. The lowest BCUT2D eigenvalue weighted by molar-refractivity contribution is -0.122. The second-order valence-corrected chi connectivity index (χ2v) is 9.92. The number of allylic oxidation sites excluding steroid dienone is 1. The van der Waals surface area contributed by atoms with E-state index < -0.39 is 17.8 Å². The van der Waals surface area contributed by atoms with Crippen LogP contribution in [-0.2, 0) is 22.6 Å². The van der Waals surface area contributed by atoms with Crippen LogP contribution in [0.15, 0.2) is 77.3 Å². The summed E-state index contributed by atoms with van der Waals surface area (Å²) in [6.45, 7) is 10.0. The molecule has 0 spiro atoms. The van der Waals surface area contributed by atoms with E-state index in [9.17, 15) is 14.4 Å². The first-order chi connectivity index (χ1) is 17.7. The van der Waals surface area contributed by atoms with Gasteiger partial charge >= 0.3 is 6.03 Å². The highest BCUT2D eigenvalue weighted by Gasteiger charge is 2.37. The molecule has 6 nitrogen and oxygen atoms in total. The molecule has 0 aliphatic carbocycles. The van der Waals surface area contributed by atoms with Crippen LogP contribution in [0.3, 0.4) is 0 Å². The first kappa shape index (κ1) is 26.1. The molecule has 1 heterocycles. The maximum Gasteiger partial charge on any atom is 0.335 e. The van der Waals surface area contributed by atoms with Gasteiger partial charge in [-0.2, -0.15) is 0 Å². The van der Waals surface area contributed by atoms with E-state index in [2.05, 4.69) is 27.8 Å². The molecule has 1 aliphatic rings. The van der Waals surface area contributed by atoms with Crippen molar-refractivity contribution in [2.45, 2.75) is 33.8 Å². The Kier molecular flexibility index (Phi) is 7.74. The van der Waals surface area contributed by atoms with Crippen LogP contribution in [0.5, 0.6) is 5.75 Å². The van der Waals surface area contributed by atoms with Crippen molar-refractivity contribution in [1.29, 1.82) is 0 Å². The van der Waals surface area contributed by atoms with E-state index in [1.54, 1.807) is 24.3 Å². The van der Waals surface area contributed by atoms with Crippen molar-refractivity contribution in [1.82, 2.24) is 5.32 Å². The number of ether oxygens (including phenoxy) is 1. The molecule has 0 bridgehead atoms. The summed E-state index contributed by atoms with van der Waals surface area (Å²) in [5, 5.41) is 2.28. The predicted molar refractivity (Wildman–Crippen MR) is 148 cm³/mol. The van der Waals surface area contributed by atoms with Crippen molar-refractivity contribution < 1.29 is 19.1 Å². The number of anilines is 1. The largest absolute Gasteiger partial charge is 0.487 e. The lowest BCUT2D eigenvalue weighted by Gasteiger charge is -2.27. The number of imide groups is 2. The molecule has 1 aliphatic heterocycles. The summed E-state index contributed by atoms with van der Waals surface area (Å²) in [6.07, 6.45) is 3.77. The predicted octanol–water partition coefficient (Wildman–Crippen LogP) is 6.35. The number of hydrogen-bond donors (Lipinski definition) is 1. The lowest BCUT2D eigenvalue weighted by Crippen LogP contribution is -2.54. The van der Waals surface area contributed by atoms with Crippen molar-refractivity contribution in [3.8, 4) is 5.75 Å². The molecule has 1 fully saturated rings. The standard InChI is InChI=1S/C30H27BrN2O4/c1-5-6-23-14-22(16-26(31)27(23)37-17-21-9-7-18(2)8-10-21)15-25-28(34)32-30(36)33(29(25)35)24-12-19(3)11-20(4)13-24/h5,7-16H,1,6,17H2,2-4H3,(H,32,34,36)/b25-15+. The number of rotatable bonds is 7. The van der Waals surface area contributed by atoms with Gasteiger partial charge in [-0.3, -0.25) is 14.9 Å². The number of benzene rings is 3. The topological polar surface area (TPSA) is 75.7 Å². The van der Waals surface area contributed by atoms with Crippen LogP contribution < -0.4 is 15.0 Å². The van der Waals surface area contributed by atoms with Gasteiger partial charge in [0.25, 0.3) is 11.8 Å². The Hall–Kier alpha value is -3.97. The summed E-state index contributed by atoms with van der Waals surface area (Å²) in [4.78, 5) is 39.6. The van der Waals surface area contributed by atoms with Crippen LogP contribution in [0.2, 0.25) is 0 Å². The Bertz CT molecular complexity index is 1420.